The molecule has 0 radical (unpaired) electrons. The number of amides is 2. The third kappa shape index (κ3) is 2.34. The number of hydrogen-bond donors (Lipinski definition) is 1. The Bertz CT molecular complexity index is 490. The quantitative estimate of drug-likeness (QED) is 0.887. The number of aryl methyl sites for hydroxylation is 2. The summed E-state index contributed by atoms with van der Waals surface area (Å²) in [6, 6.07) is -0.636. The lowest BCUT2D eigenvalue weighted by Crippen LogP contribution is -2.58. The molecule has 6 nitrogen and oxygen atoms in total. The summed E-state index contributed by atoms with van der Waals surface area (Å²) >= 11 is 0. The second-order valence-corrected chi connectivity index (χ2v) is 4.91. The molecule has 2 heterocycles. The van der Waals surface area contributed by atoms with Gasteiger partial charge in [0.05, 0.1) is 11.7 Å². The molecular weight excluding hydrogens is 246 g/mol. The van der Waals surface area contributed by atoms with Gasteiger partial charge in [0.1, 0.15) is 18.3 Å². The van der Waals surface area contributed by atoms with E-state index in [4.69, 9.17) is 4.52 Å². The molecule has 0 aromatic carbocycles. The van der Waals surface area contributed by atoms with Gasteiger partial charge in [-0.1, -0.05) is 12.1 Å². The van der Waals surface area contributed by atoms with E-state index in [-0.39, 0.29) is 24.4 Å². The average Bonchev–Trinajstić information content (AvgIpc) is 2.70. The van der Waals surface area contributed by atoms with Crippen molar-refractivity contribution >= 4 is 11.8 Å². The fourth-order valence-corrected chi connectivity index (χ4v) is 2.58. The maximum Gasteiger partial charge on any atom is 0.246 e. The molecule has 0 spiro atoms. The molecule has 0 saturated carbocycles. The van der Waals surface area contributed by atoms with Gasteiger partial charge in [-0.2, -0.15) is 0 Å². The van der Waals surface area contributed by atoms with Crippen molar-refractivity contribution in [3.05, 3.63) is 17.0 Å². The number of rotatable bonds is 3. The normalized spacial score (nSPS) is 21.5. The number of nitrogens with one attached hydrogen (secondary N) is 1. The Labute approximate surface area is 112 Å². The maximum absolute atomic E-state index is 12.3. The van der Waals surface area contributed by atoms with Crippen molar-refractivity contribution in [3.8, 4) is 0 Å². The van der Waals surface area contributed by atoms with Gasteiger partial charge >= 0.3 is 0 Å². The van der Waals surface area contributed by atoms with Crippen molar-refractivity contribution < 1.29 is 14.1 Å². The molecule has 1 aliphatic rings. The van der Waals surface area contributed by atoms with Gasteiger partial charge in [0.15, 0.2) is 0 Å². The predicted molar refractivity (Wildman–Crippen MR) is 68.3 cm³/mol. The van der Waals surface area contributed by atoms with Crippen molar-refractivity contribution in [1.29, 1.82) is 0 Å². The fraction of sp³-hybridized carbons (Fsp3) is 0.615. The molecular formula is C13H19N3O3. The minimum absolute atomic E-state index is 0.0467. The highest BCUT2D eigenvalue weighted by Gasteiger charge is 2.36. The van der Waals surface area contributed by atoms with E-state index in [1.165, 1.54) is 0 Å². The van der Waals surface area contributed by atoms with E-state index in [1.54, 1.807) is 4.90 Å². The molecule has 19 heavy (non-hydrogen) atoms. The van der Waals surface area contributed by atoms with Crippen molar-refractivity contribution in [2.24, 2.45) is 0 Å². The first-order valence-electron chi connectivity index (χ1n) is 6.48. The summed E-state index contributed by atoms with van der Waals surface area (Å²) < 4.78 is 5.13. The van der Waals surface area contributed by atoms with Gasteiger partial charge in [0, 0.05) is 5.56 Å². The van der Waals surface area contributed by atoms with Crippen LogP contribution in [0.25, 0.3) is 0 Å². The molecule has 0 aliphatic carbocycles. The molecule has 2 amide bonds. The number of carbonyl (C=O) groups is 2. The van der Waals surface area contributed by atoms with E-state index < -0.39 is 6.04 Å². The zero-order valence-corrected chi connectivity index (χ0v) is 11.7. The van der Waals surface area contributed by atoms with Crippen LogP contribution in [0.2, 0.25) is 0 Å². The van der Waals surface area contributed by atoms with E-state index in [9.17, 15) is 9.59 Å². The van der Waals surface area contributed by atoms with E-state index in [0.717, 1.165) is 11.3 Å². The molecule has 2 unspecified atom stereocenters. The molecule has 1 aliphatic heterocycles. The summed E-state index contributed by atoms with van der Waals surface area (Å²) in [4.78, 5) is 25.6. The molecule has 1 fully saturated rings. The summed E-state index contributed by atoms with van der Waals surface area (Å²) in [7, 11) is 0. The first kappa shape index (κ1) is 13.6. The Morgan fingerprint density at radius 2 is 2.16 bits per heavy atom. The lowest BCUT2D eigenvalue weighted by Gasteiger charge is -2.36. The number of aromatic nitrogens is 1. The van der Waals surface area contributed by atoms with Gasteiger partial charge in [0.2, 0.25) is 11.8 Å². The minimum atomic E-state index is -0.427. The highest BCUT2D eigenvalue weighted by atomic mass is 16.5. The van der Waals surface area contributed by atoms with Crippen LogP contribution in [0.4, 0.5) is 0 Å². The van der Waals surface area contributed by atoms with E-state index >= 15 is 0 Å². The first-order chi connectivity index (χ1) is 8.95. The third-order valence-electron chi connectivity index (χ3n) is 3.61. The molecule has 104 valence electrons. The molecule has 2 atom stereocenters. The highest BCUT2D eigenvalue weighted by Crippen LogP contribution is 2.28. The zero-order chi connectivity index (χ0) is 14.2. The SMILES string of the molecule is CCC1NC(=O)CN(C(C)c2c(C)noc2C)C1=O. The standard InChI is InChI=1S/C13H19N3O3/c1-5-10-13(18)16(6-11(17)14-10)8(3)12-7(2)15-19-9(12)4/h8,10H,5-6H2,1-4H3,(H,14,17). The summed E-state index contributed by atoms with van der Waals surface area (Å²) in [5, 5.41) is 6.61. The van der Waals surface area contributed by atoms with E-state index in [1.807, 2.05) is 27.7 Å². The fourth-order valence-electron chi connectivity index (χ4n) is 2.58. The van der Waals surface area contributed by atoms with Gasteiger partial charge in [-0.3, -0.25) is 9.59 Å². The van der Waals surface area contributed by atoms with Crippen molar-refractivity contribution in [2.45, 2.75) is 46.2 Å². The predicted octanol–water partition coefficient (Wildman–Crippen LogP) is 1.09. The van der Waals surface area contributed by atoms with Crippen LogP contribution in [0.5, 0.6) is 0 Å². The third-order valence-corrected chi connectivity index (χ3v) is 3.61. The monoisotopic (exact) mass is 265 g/mol. The van der Waals surface area contributed by atoms with Crippen LogP contribution in [0.1, 0.15) is 43.3 Å². The van der Waals surface area contributed by atoms with Crippen LogP contribution in [0, 0.1) is 13.8 Å². The Kier molecular flexibility index (Phi) is 3.59. The van der Waals surface area contributed by atoms with Crippen molar-refractivity contribution in [2.75, 3.05) is 6.54 Å². The summed E-state index contributed by atoms with van der Waals surface area (Å²) in [6.45, 7) is 7.52. The Balaban J connectivity index is 2.29. The van der Waals surface area contributed by atoms with Crippen LogP contribution in [0.15, 0.2) is 4.52 Å². The number of hydrogen-bond acceptors (Lipinski definition) is 4. The van der Waals surface area contributed by atoms with Crippen LogP contribution in [-0.2, 0) is 9.59 Å². The summed E-state index contributed by atoms with van der Waals surface area (Å²) in [6.07, 6.45) is 0.593. The lowest BCUT2D eigenvalue weighted by atomic mass is 10.0. The molecule has 0 bridgehead atoms. The molecule has 1 N–H and O–H groups in total. The largest absolute Gasteiger partial charge is 0.361 e. The van der Waals surface area contributed by atoms with Crippen LogP contribution >= 0.6 is 0 Å². The maximum atomic E-state index is 12.3. The average molecular weight is 265 g/mol. The Hall–Kier alpha value is -1.85. The number of piperazine rings is 1. The molecule has 1 saturated heterocycles. The first-order valence-corrected chi connectivity index (χ1v) is 6.48. The summed E-state index contributed by atoms with van der Waals surface area (Å²) in [5.41, 5.74) is 1.65. The van der Waals surface area contributed by atoms with Crippen LogP contribution in [0.3, 0.4) is 0 Å². The van der Waals surface area contributed by atoms with Crippen molar-refractivity contribution in [1.82, 2.24) is 15.4 Å². The molecule has 2 rings (SSSR count). The topological polar surface area (TPSA) is 75.4 Å². The minimum Gasteiger partial charge on any atom is -0.361 e. The van der Waals surface area contributed by atoms with Gasteiger partial charge in [-0.05, 0) is 27.2 Å². The van der Waals surface area contributed by atoms with Gasteiger partial charge < -0.3 is 14.7 Å². The lowest BCUT2D eigenvalue weighted by molar-refractivity contribution is -0.146. The van der Waals surface area contributed by atoms with Crippen LogP contribution in [-0.4, -0.2) is 34.5 Å². The van der Waals surface area contributed by atoms with Crippen molar-refractivity contribution in [3.63, 3.8) is 0 Å². The second-order valence-electron chi connectivity index (χ2n) is 4.91. The van der Waals surface area contributed by atoms with Gasteiger partial charge in [-0.25, -0.2) is 0 Å². The van der Waals surface area contributed by atoms with E-state index in [2.05, 4.69) is 10.5 Å². The van der Waals surface area contributed by atoms with Gasteiger partial charge in [0.25, 0.3) is 0 Å². The molecule has 1 aromatic heterocycles. The highest BCUT2D eigenvalue weighted by molar-refractivity contribution is 5.95. The zero-order valence-electron chi connectivity index (χ0n) is 11.7. The summed E-state index contributed by atoms with van der Waals surface area (Å²) in [5.74, 6) is 0.525. The van der Waals surface area contributed by atoms with E-state index in [0.29, 0.717) is 12.2 Å². The number of nitrogens with zero attached hydrogens (tertiary/aromatic N) is 2. The second kappa shape index (κ2) is 5.03. The Morgan fingerprint density at radius 3 is 2.68 bits per heavy atom. The van der Waals surface area contributed by atoms with Gasteiger partial charge in [-0.15, -0.1) is 0 Å². The number of carbonyl (C=O) groups excluding carboxylic acids is 2. The smallest absolute Gasteiger partial charge is 0.246 e. The van der Waals surface area contributed by atoms with Crippen LogP contribution < -0.4 is 5.32 Å². The Morgan fingerprint density at radius 1 is 1.47 bits per heavy atom. The molecule has 6 heteroatoms. The molecule has 1 aromatic rings.